The minimum atomic E-state index is -1.69. The number of nitrogens with two attached hydrogens (primary N) is 1. The number of aromatic hydroxyl groups is 2. The number of phenols is 2. The number of fused-ring (bicyclic) bond motifs is 1. The Kier molecular flexibility index (Phi) is 36.1. The van der Waals surface area contributed by atoms with Crippen molar-refractivity contribution in [1.29, 1.82) is 0 Å². The van der Waals surface area contributed by atoms with Crippen molar-refractivity contribution in [2.75, 3.05) is 60.0 Å². The number of carbonyl (C=O) groups excluding carboxylic acids is 10. The third-order valence-electron chi connectivity index (χ3n) is 19.1. The number of aliphatic carboxylic acids is 1. The number of aliphatic hydroxyl groups is 1. The Balaban J connectivity index is 0.000000761. The number of nitrogens with one attached hydrogen (secondary N) is 7. The zero-order valence-corrected chi connectivity index (χ0v) is 60.8. The number of Topliss-reactive ketones (excluding diaryl/α,β-unsaturated/α-hetero) is 2. The van der Waals surface area contributed by atoms with Crippen LogP contribution >= 0.6 is 0 Å². The number of amides is 8. The van der Waals surface area contributed by atoms with Crippen LogP contribution in [0.15, 0.2) is 79.0 Å². The molecule has 0 spiro atoms. The normalized spacial score (nSPS) is 22.8. The Labute approximate surface area is 600 Å². The number of ketones is 2. The Hall–Kier alpha value is -8.75. The number of H-pyrrole nitrogens is 1. The number of carbonyl (C=O) groups is 11. The SMILES string of the molecule is CCC(=O)CC1CCCCN(C)CCCC[C@H](CC)C1=O.CC[C@H]1CCCCN(C)CCCCN(CC(=O)N[C@@H](Cc2ccc(O)cc2)C(=O)O)C(=O)[C@H](CC(C)C)NC(=O)C(Cc2ccc(O)cc2)NC(=O)[C@H](CCC(N)=O)NC(=O)C(CO)NC(=O)[C@H](Cc2c[nH]c3ccccc23)NC1=O. The topological polar surface area (TPSA) is 392 Å². The number of phenolic OH excluding ortho intramolecular Hbond substituents is 2. The van der Waals surface area contributed by atoms with E-state index in [1.54, 1.807) is 6.20 Å². The summed E-state index contributed by atoms with van der Waals surface area (Å²) in [6.07, 6.45) is 12.2. The fraction of sp³-hybridized carbons (Fsp3) is 0.592. The van der Waals surface area contributed by atoms with E-state index in [1.807, 2.05) is 59.0 Å². The third-order valence-corrected chi connectivity index (χ3v) is 19.1. The molecule has 102 heavy (non-hydrogen) atoms. The first-order chi connectivity index (χ1) is 48.7. The Morgan fingerprint density at radius 1 is 0.588 bits per heavy atom. The maximum Gasteiger partial charge on any atom is 0.326 e. The van der Waals surface area contributed by atoms with Crippen LogP contribution in [0.1, 0.15) is 167 Å². The Bertz CT molecular complexity index is 3360. The van der Waals surface area contributed by atoms with Crippen molar-refractivity contribution in [3.8, 4) is 11.5 Å². The Morgan fingerprint density at radius 2 is 1.08 bits per heavy atom. The second-order valence-electron chi connectivity index (χ2n) is 27.9. The average molecular weight is 1420 g/mol. The standard InChI is InChI=1S/C58H80N10O13.C18H33NO2/c1-5-38-12-8-9-25-67(4)26-10-11-27-68(33-51(73)61-48(58(80)81)30-37-17-21-41(71)22-18-37)57(79)47(28-35(2)3)65-54(76)45(29-36-15-19-40(70)20-16-36)64-53(75)44(23-24-50(59)72)62-56(78)49(34-69)66-55(77)46(63-52(38)74)31-39-32-60-43-14-7-6-13-42(39)43;1-4-15-10-6-8-12-19(3)13-9-7-11-16(18(15)21)14-17(20)5-2/h6-7,13-22,32,35,38,44-49,60,69-71H,5,8-12,23-31,33-34H2,1-4H3,(H2,59,72)(H,61,73)(H,62,78)(H,63,74)(H,64,75)(H,65,76)(H,66,77)(H,80,81);15-16H,4-14H2,1-3H3/t38-,44-,45?,46-,47-,48-,49?;15-,16?/m00/s1. The molecule has 0 bridgehead atoms. The van der Waals surface area contributed by atoms with E-state index in [2.05, 4.69) is 60.7 Å². The lowest BCUT2D eigenvalue weighted by Crippen LogP contribution is -2.60. The molecule has 13 N–H and O–H groups in total. The molecular formula is C76H113N11O15. The van der Waals surface area contributed by atoms with E-state index in [9.17, 15) is 73.2 Å². The van der Waals surface area contributed by atoms with Crippen LogP contribution in [0, 0.1) is 23.7 Å². The number of aromatic amines is 1. The monoisotopic (exact) mass is 1420 g/mol. The van der Waals surface area contributed by atoms with Gasteiger partial charge in [0.1, 0.15) is 59.3 Å². The molecule has 0 saturated carbocycles. The fourth-order valence-corrected chi connectivity index (χ4v) is 13.0. The molecule has 9 atom stereocenters. The molecule has 26 heteroatoms. The van der Waals surface area contributed by atoms with Crippen LogP contribution in [-0.2, 0) is 72.0 Å². The molecule has 2 aliphatic heterocycles. The van der Waals surface area contributed by atoms with Gasteiger partial charge in [0.2, 0.25) is 47.3 Å². The summed E-state index contributed by atoms with van der Waals surface area (Å²) in [7, 11) is 4.12. The molecule has 0 aliphatic carbocycles. The zero-order chi connectivity index (χ0) is 74.8. The van der Waals surface area contributed by atoms with Gasteiger partial charge in [-0.2, -0.15) is 0 Å². The first-order valence-corrected chi connectivity index (χ1v) is 36.5. The first kappa shape index (κ1) is 83.9. The predicted molar refractivity (Wildman–Crippen MR) is 388 cm³/mol. The van der Waals surface area contributed by atoms with Gasteiger partial charge in [-0.3, -0.25) is 47.9 Å². The van der Waals surface area contributed by atoms with E-state index < -0.39 is 115 Å². The number of rotatable bonds is 21. The van der Waals surface area contributed by atoms with Crippen LogP contribution in [0.4, 0.5) is 0 Å². The summed E-state index contributed by atoms with van der Waals surface area (Å²) >= 11 is 0. The summed E-state index contributed by atoms with van der Waals surface area (Å²) in [4.78, 5) is 158. The number of carboxylic acids is 1. The average Bonchev–Trinajstić information content (AvgIpc) is 1.62. The van der Waals surface area contributed by atoms with Crippen molar-refractivity contribution in [1.82, 2.24) is 51.6 Å². The van der Waals surface area contributed by atoms with Gasteiger partial charge in [-0.15, -0.1) is 0 Å². The molecule has 4 aromatic rings. The quantitative estimate of drug-likeness (QED) is 0.0489. The molecule has 3 heterocycles. The number of carboxylic acid groups (broad SMARTS) is 1. The molecule has 0 radical (unpaired) electrons. The highest BCUT2D eigenvalue weighted by molar-refractivity contribution is 5.98. The largest absolute Gasteiger partial charge is 0.508 e. The Morgan fingerprint density at radius 3 is 1.64 bits per heavy atom. The van der Waals surface area contributed by atoms with Crippen LogP contribution < -0.4 is 37.6 Å². The van der Waals surface area contributed by atoms with E-state index in [-0.39, 0.29) is 73.2 Å². The lowest BCUT2D eigenvalue weighted by molar-refractivity contribution is -0.143. The summed E-state index contributed by atoms with van der Waals surface area (Å²) in [5.41, 5.74) is 7.96. The third kappa shape index (κ3) is 28.9. The molecule has 2 fully saturated rings. The maximum atomic E-state index is 14.9. The van der Waals surface area contributed by atoms with Crippen molar-refractivity contribution < 1.29 is 73.2 Å². The second kappa shape index (κ2) is 43.9. The highest BCUT2D eigenvalue weighted by Crippen LogP contribution is 2.27. The number of primary amides is 1. The number of para-hydroxylation sites is 1. The summed E-state index contributed by atoms with van der Waals surface area (Å²) in [6.45, 7) is 11.5. The maximum absolute atomic E-state index is 14.9. The van der Waals surface area contributed by atoms with Gasteiger partial charge in [0, 0.05) is 79.9 Å². The van der Waals surface area contributed by atoms with E-state index >= 15 is 0 Å². The van der Waals surface area contributed by atoms with Crippen molar-refractivity contribution in [3.05, 3.63) is 95.7 Å². The summed E-state index contributed by atoms with van der Waals surface area (Å²) in [6, 6.07) is 10.2. The smallest absolute Gasteiger partial charge is 0.326 e. The van der Waals surface area contributed by atoms with Gasteiger partial charge in [0.15, 0.2) is 0 Å². The number of aliphatic hydroxyl groups excluding tert-OH is 1. The van der Waals surface area contributed by atoms with Crippen LogP contribution in [-0.4, -0.2) is 201 Å². The number of aromatic nitrogens is 1. The van der Waals surface area contributed by atoms with Gasteiger partial charge in [0.05, 0.1) is 13.2 Å². The van der Waals surface area contributed by atoms with Gasteiger partial charge >= 0.3 is 5.97 Å². The highest BCUT2D eigenvalue weighted by atomic mass is 16.4. The van der Waals surface area contributed by atoms with E-state index in [0.29, 0.717) is 86.9 Å². The molecule has 6 rings (SSSR count). The molecule has 562 valence electrons. The van der Waals surface area contributed by atoms with Gasteiger partial charge in [-0.1, -0.05) is 96.3 Å². The molecule has 1 aromatic heterocycles. The van der Waals surface area contributed by atoms with Crippen molar-refractivity contribution in [2.24, 2.45) is 29.4 Å². The van der Waals surface area contributed by atoms with Crippen molar-refractivity contribution in [3.63, 3.8) is 0 Å². The molecular weight excluding hydrogens is 1310 g/mol. The van der Waals surface area contributed by atoms with E-state index in [0.717, 1.165) is 62.5 Å². The van der Waals surface area contributed by atoms with Crippen molar-refractivity contribution in [2.45, 2.75) is 206 Å². The number of benzene rings is 3. The molecule has 8 amide bonds. The first-order valence-electron chi connectivity index (χ1n) is 36.5. The van der Waals surface area contributed by atoms with Crippen LogP contribution in [0.25, 0.3) is 10.9 Å². The minimum Gasteiger partial charge on any atom is -0.508 e. The zero-order valence-electron chi connectivity index (χ0n) is 60.8. The molecule has 2 aliphatic rings. The molecule has 3 aromatic carbocycles. The summed E-state index contributed by atoms with van der Waals surface area (Å²) < 4.78 is 0. The van der Waals surface area contributed by atoms with Gasteiger partial charge < -0.3 is 77.7 Å². The van der Waals surface area contributed by atoms with Crippen LogP contribution in [0.2, 0.25) is 0 Å². The predicted octanol–water partition coefficient (Wildman–Crippen LogP) is 5.51. The lowest BCUT2D eigenvalue weighted by atomic mass is 9.82. The molecule has 2 saturated heterocycles. The highest BCUT2D eigenvalue weighted by Gasteiger charge is 2.36. The second-order valence-corrected chi connectivity index (χ2v) is 27.9. The van der Waals surface area contributed by atoms with E-state index in [1.165, 1.54) is 59.9 Å². The van der Waals surface area contributed by atoms with Gasteiger partial charge in [-0.25, -0.2) is 4.79 Å². The summed E-state index contributed by atoms with van der Waals surface area (Å²) in [5, 5.41) is 57.2. The van der Waals surface area contributed by atoms with Crippen LogP contribution in [0.5, 0.6) is 11.5 Å². The molecule has 3 unspecified atom stereocenters. The van der Waals surface area contributed by atoms with Gasteiger partial charge in [0.25, 0.3) is 0 Å². The van der Waals surface area contributed by atoms with Crippen molar-refractivity contribution >= 4 is 75.7 Å². The number of nitrogens with zero attached hydrogens (tertiary/aromatic N) is 3. The van der Waals surface area contributed by atoms with Crippen LogP contribution in [0.3, 0.4) is 0 Å². The molecule has 26 nitrogen and oxygen atoms in total. The lowest BCUT2D eigenvalue weighted by Gasteiger charge is -2.31. The number of hydrogen-bond donors (Lipinski definition) is 12. The number of hydrogen-bond acceptors (Lipinski definition) is 16. The van der Waals surface area contributed by atoms with E-state index in [4.69, 9.17) is 5.73 Å². The summed E-state index contributed by atoms with van der Waals surface area (Å²) in [5.74, 6) is -7.81. The fourth-order valence-electron chi connectivity index (χ4n) is 13.0. The van der Waals surface area contributed by atoms with Gasteiger partial charge in [-0.05, 0) is 170 Å². The minimum absolute atomic E-state index is 0.00143.